The maximum absolute atomic E-state index is 7.28. The predicted molar refractivity (Wildman–Crippen MR) is 164 cm³/mol. The van der Waals surface area contributed by atoms with Crippen LogP contribution in [0.25, 0.3) is 0 Å². The van der Waals surface area contributed by atoms with E-state index in [4.69, 9.17) is 23.4 Å². The second-order valence-electron chi connectivity index (χ2n) is 11.9. The topological polar surface area (TPSA) is 46.2 Å². The van der Waals surface area contributed by atoms with Crippen LogP contribution in [0.1, 0.15) is 40.2 Å². The molecule has 1 unspecified atom stereocenters. The van der Waals surface area contributed by atoms with Gasteiger partial charge in [-0.3, -0.25) is 0 Å². The average molecular weight is 624 g/mol. The Kier molecular flexibility index (Phi) is 8.29. The van der Waals surface area contributed by atoms with Crippen molar-refractivity contribution in [3.8, 4) is 0 Å². The molecule has 0 radical (unpaired) electrons. The van der Waals surface area contributed by atoms with E-state index < -0.39 is 38.2 Å². The van der Waals surface area contributed by atoms with Crippen LogP contribution in [0, 0.1) is 0 Å². The minimum Gasteiger partial charge on any atom is -0.405 e. The Balaban J connectivity index is 1.58. The molecule has 2 heterocycles. The fourth-order valence-corrected chi connectivity index (χ4v) is 11.3. The van der Waals surface area contributed by atoms with Crippen molar-refractivity contribution in [3.05, 3.63) is 108 Å². The van der Waals surface area contributed by atoms with Gasteiger partial charge in [-0.15, -0.1) is 6.58 Å². The Morgan fingerprint density at radius 2 is 1.45 bits per heavy atom. The Morgan fingerprint density at radius 1 is 0.875 bits per heavy atom. The van der Waals surface area contributed by atoms with Crippen LogP contribution in [0.15, 0.2) is 102 Å². The number of halogens is 1. The first-order valence-corrected chi connectivity index (χ1v) is 16.5. The normalized spacial score (nSPS) is 26.0. The standard InChI is InChI=1S/C33H39BrO5Si/c1-7-22-35-33(26-20-14-15-21-27(26)34)30-29(38-32(5,6)39-30)28(37-33)23-36-40(31(2,3)4,24-16-10-8-11-17-24)25-18-12-9-13-19-25/h7-21,28-30H,1,22-23H2,2-6H3/t28-,29-,30-,33?/m1/s1. The molecule has 5 nitrogen and oxygen atoms in total. The molecule has 0 amide bonds. The van der Waals surface area contributed by atoms with Gasteiger partial charge in [0.2, 0.25) is 5.79 Å². The molecule has 4 atom stereocenters. The molecule has 0 saturated carbocycles. The van der Waals surface area contributed by atoms with Gasteiger partial charge in [-0.1, -0.05) is 122 Å². The van der Waals surface area contributed by atoms with Gasteiger partial charge < -0.3 is 23.4 Å². The molecular formula is C33H39BrO5Si. The summed E-state index contributed by atoms with van der Waals surface area (Å²) in [5, 5.41) is 2.26. The maximum Gasteiger partial charge on any atom is 0.261 e. The Hall–Kier alpha value is -2.10. The van der Waals surface area contributed by atoms with E-state index >= 15 is 0 Å². The van der Waals surface area contributed by atoms with Gasteiger partial charge in [-0.2, -0.15) is 0 Å². The summed E-state index contributed by atoms with van der Waals surface area (Å²) in [6.45, 7) is 15.2. The highest BCUT2D eigenvalue weighted by Crippen LogP contribution is 2.51. The molecule has 7 heteroatoms. The van der Waals surface area contributed by atoms with Crippen LogP contribution in [-0.2, 0) is 29.2 Å². The molecule has 3 aromatic rings. The predicted octanol–water partition coefficient (Wildman–Crippen LogP) is 6.30. The van der Waals surface area contributed by atoms with E-state index in [9.17, 15) is 0 Å². The highest BCUT2D eigenvalue weighted by Gasteiger charge is 2.65. The fraction of sp³-hybridized carbons (Fsp3) is 0.394. The van der Waals surface area contributed by atoms with Crippen LogP contribution < -0.4 is 10.4 Å². The molecule has 0 N–H and O–H groups in total. The SMILES string of the molecule is C=CCOC1(c2ccccc2Br)O[C@H](CO[Si](c2ccccc2)(c2ccccc2)C(C)(C)C)[C@H]2OC(C)(C)O[C@H]21. The molecule has 0 aliphatic carbocycles. The lowest BCUT2D eigenvalue weighted by Gasteiger charge is -2.43. The molecule has 2 fully saturated rings. The summed E-state index contributed by atoms with van der Waals surface area (Å²) in [7, 11) is -2.80. The molecule has 3 aromatic carbocycles. The third kappa shape index (κ3) is 5.18. The lowest BCUT2D eigenvalue weighted by molar-refractivity contribution is -0.299. The summed E-state index contributed by atoms with van der Waals surface area (Å²) < 4.78 is 34.6. The van der Waals surface area contributed by atoms with E-state index in [1.165, 1.54) is 10.4 Å². The van der Waals surface area contributed by atoms with Gasteiger partial charge in [0.15, 0.2) is 5.79 Å². The van der Waals surface area contributed by atoms with Gasteiger partial charge >= 0.3 is 0 Å². The second kappa shape index (κ2) is 11.3. The van der Waals surface area contributed by atoms with Crippen LogP contribution >= 0.6 is 15.9 Å². The maximum atomic E-state index is 7.28. The van der Waals surface area contributed by atoms with Gasteiger partial charge in [0, 0.05) is 10.0 Å². The monoisotopic (exact) mass is 622 g/mol. The number of benzene rings is 3. The fourth-order valence-electron chi connectivity index (χ4n) is 6.15. The summed E-state index contributed by atoms with van der Waals surface area (Å²) in [6, 6.07) is 29.2. The zero-order valence-electron chi connectivity index (χ0n) is 23.9. The molecule has 0 aromatic heterocycles. The van der Waals surface area contributed by atoms with E-state index in [2.05, 4.69) is 104 Å². The summed E-state index contributed by atoms with van der Waals surface area (Å²) in [5.74, 6) is -2.01. The third-order valence-corrected chi connectivity index (χ3v) is 13.4. The van der Waals surface area contributed by atoms with Crippen molar-refractivity contribution in [2.75, 3.05) is 13.2 Å². The zero-order valence-corrected chi connectivity index (χ0v) is 26.5. The van der Waals surface area contributed by atoms with Crippen molar-refractivity contribution in [2.24, 2.45) is 0 Å². The second-order valence-corrected chi connectivity index (χ2v) is 17.1. The summed E-state index contributed by atoms with van der Waals surface area (Å²) >= 11 is 3.73. The smallest absolute Gasteiger partial charge is 0.261 e. The Labute approximate surface area is 247 Å². The van der Waals surface area contributed by atoms with Crippen molar-refractivity contribution in [1.29, 1.82) is 0 Å². The van der Waals surface area contributed by atoms with Gasteiger partial charge in [0.25, 0.3) is 8.32 Å². The highest BCUT2D eigenvalue weighted by atomic mass is 79.9. The van der Waals surface area contributed by atoms with Crippen molar-refractivity contribution >= 4 is 34.6 Å². The lowest BCUT2D eigenvalue weighted by atomic mass is 9.97. The van der Waals surface area contributed by atoms with E-state index in [-0.39, 0.29) is 11.6 Å². The molecule has 5 rings (SSSR count). The van der Waals surface area contributed by atoms with E-state index in [1.54, 1.807) is 6.08 Å². The Bertz CT molecular complexity index is 1270. The zero-order chi connectivity index (χ0) is 28.6. The number of ether oxygens (including phenoxy) is 4. The van der Waals surface area contributed by atoms with Crippen molar-refractivity contribution in [2.45, 2.75) is 69.5 Å². The Morgan fingerprint density at radius 3 is 2.00 bits per heavy atom. The van der Waals surface area contributed by atoms with Crippen LogP contribution in [0.2, 0.25) is 5.04 Å². The highest BCUT2D eigenvalue weighted by molar-refractivity contribution is 9.10. The number of fused-ring (bicyclic) bond motifs is 1. The lowest BCUT2D eigenvalue weighted by Crippen LogP contribution is -2.67. The van der Waals surface area contributed by atoms with Gasteiger partial charge in [0.05, 0.1) is 13.2 Å². The minimum atomic E-state index is -2.80. The van der Waals surface area contributed by atoms with Gasteiger partial charge in [-0.25, -0.2) is 0 Å². The summed E-state index contributed by atoms with van der Waals surface area (Å²) in [5.41, 5.74) is 0.848. The first-order chi connectivity index (χ1) is 19.0. The van der Waals surface area contributed by atoms with E-state index in [0.717, 1.165) is 10.0 Å². The number of rotatable bonds is 9. The molecule has 2 aliphatic heterocycles. The van der Waals surface area contributed by atoms with Crippen molar-refractivity contribution in [1.82, 2.24) is 0 Å². The van der Waals surface area contributed by atoms with Crippen LogP contribution in [0.4, 0.5) is 0 Å². The van der Waals surface area contributed by atoms with Gasteiger partial charge in [0.1, 0.15) is 18.3 Å². The quantitative estimate of drug-likeness (QED) is 0.207. The van der Waals surface area contributed by atoms with Gasteiger partial charge in [-0.05, 0) is 35.3 Å². The summed E-state index contributed by atoms with van der Waals surface area (Å²) in [6.07, 6.45) is 0.383. The number of hydrogen-bond acceptors (Lipinski definition) is 5. The molecular weight excluding hydrogens is 584 g/mol. The summed E-state index contributed by atoms with van der Waals surface area (Å²) in [4.78, 5) is 0. The molecule has 212 valence electrons. The van der Waals surface area contributed by atoms with E-state index in [1.807, 2.05) is 38.1 Å². The molecule has 40 heavy (non-hydrogen) atoms. The first-order valence-electron chi connectivity index (χ1n) is 13.8. The largest absolute Gasteiger partial charge is 0.405 e. The average Bonchev–Trinajstić information content (AvgIpc) is 3.40. The third-order valence-electron chi connectivity index (χ3n) is 7.74. The molecule has 0 bridgehead atoms. The minimum absolute atomic E-state index is 0.168. The van der Waals surface area contributed by atoms with Crippen LogP contribution in [0.5, 0.6) is 0 Å². The number of hydrogen-bond donors (Lipinski definition) is 0. The molecule has 2 aliphatic rings. The van der Waals surface area contributed by atoms with Crippen molar-refractivity contribution in [3.63, 3.8) is 0 Å². The molecule has 2 saturated heterocycles. The first kappa shape index (κ1) is 29.4. The molecule has 0 spiro atoms. The van der Waals surface area contributed by atoms with Crippen LogP contribution in [0.3, 0.4) is 0 Å². The van der Waals surface area contributed by atoms with Crippen molar-refractivity contribution < 1.29 is 23.4 Å². The van der Waals surface area contributed by atoms with Crippen LogP contribution in [-0.4, -0.2) is 45.6 Å². The van der Waals surface area contributed by atoms with E-state index in [0.29, 0.717) is 6.61 Å².